The van der Waals surface area contributed by atoms with E-state index in [1.165, 1.54) is 6.92 Å². The number of carboxylic acids is 1. The first-order chi connectivity index (χ1) is 7.64. The predicted molar refractivity (Wildman–Crippen MR) is 58.8 cm³/mol. The second kappa shape index (κ2) is 4.42. The Morgan fingerprint density at radius 3 is 2.41 bits per heavy atom. The summed E-state index contributed by atoms with van der Waals surface area (Å²) in [6.07, 6.45) is 0.962. The van der Waals surface area contributed by atoms with Crippen LogP contribution in [0.4, 0.5) is 4.39 Å². The first kappa shape index (κ1) is 13.6. The molecule has 0 radical (unpaired) electrons. The third-order valence-electron chi connectivity index (χ3n) is 2.29. The Bertz CT molecular complexity index is 568. The van der Waals surface area contributed by atoms with Crippen LogP contribution in [0.2, 0.25) is 0 Å². The van der Waals surface area contributed by atoms with Gasteiger partial charge < -0.3 is 10.8 Å². The molecular weight excluding hydrogens is 249 g/mol. The van der Waals surface area contributed by atoms with Gasteiger partial charge in [-0.05, 0) is 24.6 Å². The first-order valence-corrected chi connectivity index (χ1v) is 6.52. The van der Waals surface area contributed by atoms with Crippen molar-refractivity contribution in [3.8, 4) is 0 Å². The van der Waals surface area contributed by atoms with Crippen LogP contribution in [-0.4, -0.2) is 25.7 Å². The fourth-order valence-electron chi connectivity index (χ4n) is 1.44. The molecule has 1 aromatic rings. The lowest BCUT2D eigenvalue weighted by Gasteiger charge is -2.12. The number of aliphatic carboxylic acids is 1. The summed E-state index contributed by atoms with van der Waals surface area (Å²) in [5, 5.41) is 8.68. The van der Waals surface area contributed by atoms with E-state index in [-0.39, 0.29) is 16.0 Å². The molecule has 3 N–H and O–H groups in total. The van der Waals surface area contributed by atoms with Crippen LogP contribution >= 0.6 is 0 Å². The molecule has 0 aliphatic rings. The van der Waals surface area contributed by atoms with Crippen LogP contribution in [0.15, 0.2) is 17.0 Å². The number of benzene rings is 1. The van der Waals surface area contributed by atoms with Crippen molar-refractivity contribution >= 4 is 15.8 Å². The Morgan fingerprint density at radius 1 is 1.47 bits per heavy atom. The molecule has 5 nitrogen and oxygen atoms in total. The molecule has 0 aromatic heterocycles. The molecule has 0 aliphatic heterocycles. The molecule has 0 bridgehead atoms. The van der Waals surface area contributed by atoms with Gasteiger partial charge in [-0.25, -0.2) is 12.8 Å². The minimum absolute atomic E-state index is 0.120. The fraction of sp³-hybridized carbons (Fsp3) is 0.300. The molecule has 0 aliphatic carbocycles. The summed E-state index contributed by atoms with van der Waals surface area (Å²) in [5.41, 5.74) is 5.14. The average Bonchev–Trinajstić information content (AvgIpc) is 2.14. The van der Waals surface area contributed by atoms with Crippen molar-refractivity contribution in [3.05, 3.63) is 29.1 Å². The zero-order valence-electron chi connectivity index (χ0n) is 9.27. The Morgan fingerprint density at radius 2 is 2.00 bits per heavy atom. The van der Waals surface area contributed by atoms with E-state index in [9.17, 15) is 17.6 Å². The lowest BCUT2D eigenvalue weighted by atomic mass is 10.1. The maximum Gasteiger partial charge on any atom is 0.325 e. The number of hydrogen-bond acceptors (Lipinski definition) is 4. The van der Waals surface area contributed by atoms with Crippen molar-refractivity contribution in [1.82, 2.24) is 0 Å². The second-order valence-electron chi connectivity index (χ2n) is 3.73. The van der Waals surface area contributed by atoms with Crippen molar-refractivity contribution in [1.29, 1.82) is 0 Å². The van der Waals surface area contributed by atoms with Gasteiger partial charge in [0.15, 0.2) is 9.84 Å². The van der Waals surface area contributed by atoms with Crippen molar-refractivity contribution in [3.63, 3.8) is 0 Å². The SMILES string of the molecule is Cc1cc(F)c(C(N)C(=O)O)cc1S(C)(=O)=O. The van der Waals surface area contributed by atoms with Gasteiger partial charge in [0.05, 0.1) is 4.90 Å². The number of halogens is 1. The maximum atomic E-state index is 13.5. The molecule has 94 valence electrons. The summed E-state index contributed by atoms with van der Waals surface area (Å²) in [7, 11) is -3.55. The van der Waals surface area contributed by atoms with Crippen LogP contribution < -0.4 is 5.73 Å². The van der Waals surface area contributed by atoms with Crippen LogP contribution in [0.5, 0.6) is 0 Å². The van der Waals surface area contributed by atoms with E-state index in [2.05, 4.69) is 0 Å². The summed E-state index contributed by atoms with van der Waals surface area (Å²) in [4.78, 5) is 10.5. The van der Waals surface area contributed by atoms with Gasteiger partial charge in [0.2, 0.25) is 0 Å². The number of sulfone groups is 1. The average molecular weight is 261 g/mol. The number of hydrogen-bond donors (Lipinski definition) is 2. The lowest BCUT2D eigenvalue weighted by Crippen LogP contribution is -2.22. The first-order valence-electron chi connectivity index (χ1n) is 4.63. The molecule has 0 fully saturated rings. The highest BCUT2D eigenvalue weighted by Crippen LogP contribution is 2.23. The van der Waals surface area contributed by atoms with Gasteiger partial charge >= 0.3 is 5.97 Å². The van der Waals surface area contributed by atoms with Crippen molar-refractivity contribution in [2.45, 2.75) is 17.9 Å². The van der Waals surface area contributed by atoms with Crippen LogP contribution in [0, 0.1) is 12.7 Å². The van der Waals surface area contributed by atoms with Gasteiger partial charge in [-0.15, -0.1) is 0 Å². The van der Waals surface area contributed by atoms with Crippen molar-refractivity contribution in [2.75, 3.05) is 6.26 Å². The largest absolute Gasteiger partial charge is 0.480 e. The molecule has 0 heterocycles. The number of carbonyl (C=O) groups is 1. The molecule has 1 rings (SSSR count). The van der Waals surface area contributed by atoms with E-state index < -0.39 is 27.7 Å². The number of aryl methyl sites for hydroxylation is 1. The molecule has 1 unspecified atom stereocenters. The molecule has 0 saturated heterocycles. The lowest BCUT2D eigenvalue weighted by molar-refractivity contribution is -0.138. The maximum absolute atomic E-state index is 13.5. The third kappa shape index (κ3) is 2.80. The Labute approximate surface area is 98.0 Å². The zero-order valence-corrected chi connectivity index (χ0v) is 10.1. The molecular formula is C10H12FNO4S. The number of rotatable bonds is 3. The van der Waals surface area contributed by atoms with Gasteiger partial charge in [0.25, 0.3) is 0 Å². The predicted octanol–water partition coefficient (Wildman–Crippen LogP) is 0.622. The summed E-state index contributed by atoms with van der Waals surface area (Å²) >= 11 is 0. The summed E-state index contributed by atoms with van der Waals surface area (Å²) in [5.74, 6) is -2.25. The standard InChI is InChI=1S/C10H12FNO4S/c1-5-3-7(11)6(9(12)10(13)14)4-8(5)17(2,15)16/h3-4,9H,12H2,1-2H3,(H,13,14). The van der Waals surface area contributed by atoms with Crippen molar-refractivity contribution in [2.24, 2.45) is 5.73 Å². The van der Waals surface area contributed by atoms with Gasteiger partial charge in [-0.3, -0.25) is 4.79 Å². The molecule has 0 spiro atoms. The minimum atomic E-state index is -3.55. The van der Waals surface area contributed by atoms with Gasteiger partial charge in [0.1, 0.15) is 11.9 Å². The van der Waals surface area contributed by atoms with Crippen LogP contribution in [0.3, 0.4) is 0 Å². The van der Waals surface area contributed by atoms with E-state index in [1.807, 2.05) is 0 Å². The normalized spacial score (nSPS) is 13.4. The third-order valence-corrected chi connectivity index (χ3v) is 3.53. The van der Waals surface area contributed by atoms with E-state index in [4.69, 9.17) is 10.8 Å². The molecule has 1 atom stereocenters. The quantitative estimate of drug-likeness (QED) is 0.777. The molecule has 1 aromatic carbocycles. The Kier molecular flexibility index (Phi) is 3.53. The Balaban J connectivity index is 3.50. The van der Waals surface area contributed by atoms with Gasteiger partial charge in [-0.2, -0.15) is 0 Å². The van der Waals surface area contributed by atoms with E-state index >= 15 is 0 Å². The van der Waals surface area contributed by atoms with Gasteiger partial charge in [-0.1, -0.05) is 0 Å². The number of nitrogens with two attached hydrogens (primary N) is 1. The Hall–Kier alpha value is -1.47. The highest BCUT2D eigenvalue weighted by molar-refractivity contribution is 7.90. The molecule has 0 saturated carbocycles. The number of carboxylic acid groups (broad SMARTS) is 1. The van der Waals surface area contributed by atoms with Gasteiger partial charge in [0, 0.05) is 11.8 Å². The van der Waals surface area contributed by atoms with Crippen LogP contribution in [-0.2, 0) is 14.6 Å². The summed E-state index contributed by atoms with van der Waals surface area (Å²) in [6, 6.07) is 0.351. The topological polar surface area (TPSA) is 97.5 Å². The van der Waals surface area contributed by atoms with E-state index in [1.54, 1.807) is 0 Å². The molecule has 7 heteroatoms. The summed E-state index contributed by atoms with van der Waals surface area (Å²) < 4.78 is 36.3. The fourth-order valence-corrected chi connectivity index (χ4v) is 2.42. The van der Waals surface area contributed by atoms with E-state index in [0.29, 0.717) is 0 Å². The van der Waals surface area contributed by atoms with Crippen LogP contribution in [0.1, 0.15) is 17.2 Å². The monoisotopic (exact) mass is 261 g/mol. The van der Waals surface area contributed by atoms with Crippen LogP contribution in [0.25, 0.3) is 0 Å². The van der Waals surface area contributed by atoms with E-state index in [0.717, 1.165) is 18.4 Å². The summed E-state index contributed by atoms with van der Waals surface area (Å²) in [6.45, 7) is 1.43. The van der Waals surface area contributed by atoms with Crippen molar-refractivity contribution < 1.29 is 22.7 Å². The second-order valence-corrected chi connectivity index (χ2v) is 5.71. The minimum Gasteiger partial charge on any atom is -0.480 e. The highest BCUT2D eigenvalue weighted by Gasteiger charge is 2.22. The molecule has 17 heavy (non-hydrogen) atoms. The highest BCUT2D eigenvalue weighted by atomic mass is 32.2. The zero-order chi connectivity index (χ0) is 13.4. The smallest absolute Gasteiger partial charge is 0.325 e. The molecule has 0 amide bonds.